The molecule has 0 saturated heterocycles. The van der Waals surface area contributed by atoms with Crippen molar-refractivity contribution in [1.29, 1.82) is 0 Å². The molecule has 3 rings (SSSR count). The molecule has 25 heavy (non-hydrogen) atoms. The lowest BCUT2D eigenvalue weighted by atomic mass is 10.1. The smallest absolute Gasteiger partial charge is 0.238 e. The zero-order chi connectivity index (χ0) is 18.1. The van der Waals surface area contributed by atoms with Gasteiger partial charge in [0, 0.05) is 17.7 Å². The van der Waals surface area contributed by atoms with Crippen molar-refractivity contribution in [2.75, 3.05) is 13.7 Å². The summed E-state index contributed by atoms with van der Waals surface area (Å²) in [6, 6.07) is 6.98. The van der Waals surface area contributed by atoms with Gasteiger partial charge in [0.15, 0.2) is 17.3 Å². The molecule has 0 aliphatic rings. The van der Waals surface area contributed by atoms with Crippen molar-refractivity contribution in [2.24, 2.45) is 0 Å². The molecule has 1 heterocycles. The van der Waals surface area contributed by atoms with Crippen LogP contribution in [0.1, 0.15) is 6.92 Å². The highest BCUT2D eigenvalue weighted by Gasteiger charge is 2.20. The Balaban J connectivity index is 2.28. The average Bonchev–Trinajstić information content (AvgIpc) is 2.59. The van der Waals surface area contributed by atoms with E-state index in [4.69, 9.17) is 13.9 Å². The SMILES string of the molecule is CCOc1cc(-c2oc3cc(OC)cc(O)c3c(=O)c2O)ccc1O. The van der Waals surface area contributed by atoms with Crippen LogP contribution in [0.5, 0.6) is 28.7 Å². The van der Waals surface area contributed by atoms with Gasteiger partial charge in [-0.3, -0.25) is 4.79 Å². The zero-order valence-electron chi connectivity index (χ0n) is 13.6. The minimum absolute atomic E-state index is 0.0562. The summed E-state index contributed by atoms with van der Waals surface area (Å²) in [6.07, 6.45) is 0. The van der Waals surface area contributed by atoms with Gasteiger partial charge in [0.2, 0.25) is 11.2 Å². The molecular weight excluding hydrogens is 328 g/mol. The molecule has 0 radical (unpaired) electrons. The van der Waals surface area contributed by atoms with Crippen LogP contribution in [-0.4, -0.2) is 29.0 Å². The standard InChI is InChI=1S/C18H16O7/c1-3-24-13-6-9(4-5-11(13)19)18-17(22)16(21)15-12(20)7-10(23-2)8-14(15)25-18/h4-8,19-20,22H,3H2,1-2H3. The fourth-order valence-electron chi connectivity index (χ4n) is 2.50. The molecule has 2 aromatic carbocycles. The largest absolute Gasteiger partial charge is 0.507 e. The van der Waals surface area contributed by atoms with E-state index in [1.54, 1.807) is 6.92 Å². The van der Waals surface area contributed by atoms with Crippen molar-refractivity contribution in [3.8, 4) is 40.1 Å². The van der Waals surface area contributed by atoms with Crippen molar-refractivity contribution in [3.05, 3.63) is 40.6 Å². The molecule has 0 aliphatic heterocycles. The third kappa shape index (κ3) is 2.80. The Labute approximate surface area is 142 Å². The first kappa shape index (κ1) is 16.5. The topological polar surface area (TPSA) is 109 Å². The second-order valence-corrected chi connectivity index (χ2v) is 5.24. The number of methoxy groups -OCH3 is 1. The van der Waals surface area contributed by atoms with E-state index in [0.29, 0.717) is 17.9 Å². The Morgan fingerprint density at radius 1 is 1.08 bits per heavy atom. The third-order valence-electron chi connectivity index (χ3n) is 3.68. The fourth-order valence-corrected chi connectivity index (χ4v) is 2.50. The van der Waals surface area contributed by atoms with Crippen LogP contribution < -0.4 is 14.9 Å². The number of phenols is 2. The number of hydrogen-bond acceptors (Lipinski definition) is 7. The molecule has 7 heteroatoms. The number of aromatic hydroxyl groups is 3. The van der Waals surface area contributed by atoms with Crippen molar-refractivity contribution in [3.63, 3.8) is 0 Å². The Morgan fingerprint density at radius 2 is 1.84 bits per heavy atom. The van der Waals surface area contributed by atoms with Crippen LogP contribution in [0.3, 0.4) is 0 Å². The average molecular weight is 344 g/mol. The van der Waals surface area contributed by atoms with Gasteiger partial charge in [0.1, 0.15) is 22.5 Å². The number of rotatable bonds is 4. The van der Waals surface area contributed by atoms with Gasteiger partial charge < -0.3 is 29.2 Å². The monoisotopic (exact) mass is 344 g/mol. The van der Waals surface area contributed by atoms with E-state index in [1.807, 2.05) is 0 Å². The molecule has 1 aromatic heterocycles. The van der Waals surface area contributed by atoms with Crippen LogP contribution in [0.2, 0.25) is 0 Å². The highest BCUT2D eigenvalue weighted by molar-refractivity contribution is 5.88. The molecule has 0 amide bonds. The fraction of sp³-hybridized carbons (Fsp3) is 0.167. The van der Waals surface area contributed by atoms with E-state index >= 15 is 0 Å². The summed E-state index contributed by atoms with van der Waals surface area (Å²) in [5.41, 5.74) is -0.386. The van der Waals surface area contributed by atoms with Crippen LogP contribution in [-0.2, 0) is 0 Å². The summed E-state index contributed by atoms with van der Waals surface area (Å²) >= 11 is 0. The lowest BCUT2D eigenvalue weighted by Gasteiger charge is -2.11. The lowest BCUT2D eigenvalue weighted by molar-refractivity contribution is 0.318. The molecule has 3 N–H and O–H groups in total. The first-order valence-corrected chi connectivity index (χ1v) is 7.49. The maximum Gasteiger partial charge on any atom is 0.238 e. The molecule has 0 unspecified atom stereocenters. The molecule has 0 atom stereocenters. The van der Waals surface area contributed by atoms with E-state index in [0.717, 1.165) is 0 Å². The van der Waals surface area contributed by atoms with Gasteiger partial charge in [0.05, 0.1) is 13.7 Å². The van der Waals surface area contributed by atoms with Crippen molar-refractivity contribution >= 4 is 11.0 Å². The van der Waals surface area contributed by atoms with Gasteiger partial charge in [0.25, 0.3) is 0 Å². The van der Waals surface area contributed by atoms with Crippen LogP contribution >= 0.6 is 0 Å². The van der Waals surface area contributed by atoms with Gasteiger partial charge in [-0.25, -0.2) is 0 Å². The first-order chi connectivity index (χ1) is 12.0. The zero-order valence-corrected chi connectivity index (χ0v) is 13.6. The molecular formula is C18H16O7. The number of phenolic OH excluding ortho intramolecular Hbond substituents is 2. The second-order valence-electron chi connectivity index (χ2n) is 5.24. The van der Waals surface area contributed by atoms with Crippen LogP contribution in [0.4, 0.5) is 0 Å². The summed E-state index contributed by atoms with van der Waals surface area (Å²) < 4.78 is 16.0. The van der Waals surface area contributed by atoms with Crippen molar-refractivity contribution < 1.29 is 29.2 Å². The van der Waals surface area contributed by atoms with E-state index in [2.05, 4.69) is 0 Å². The van der Waals surface area contributed by atoms with Gasteiger partial charge in [-0.15, -0.1) is 0 Å². The van der Waals surface area contributed by atoms with Crippen molar-refractivity contribution in [2.45, 2.75) is 6.92 Å². The normalized spacial score (nSPS) is 10.8. The number of hydrogen-bond donors (Lipinski definition) is 3. The molecule has 7 nitrogen and oxygen atoms in total. The van der Waals surface area contributed by atoms with Crippen molar-refractivity contribution in [1.82, 2.24) is 0 Å². The van der Waals surface area contributed by atoms with Crippen LogP contribution in [0, 0.1) is 0 Å². The molecule has 0 fully saturated rings. The van der Waals surface area contributed by atoms with E-state index in [1.165, 1.54) is 37.4 Å². The summed E-state index contributed by atoms with van der Waals surface area (Å²) in [5.74, 6) is -0.702. The molecule has 130 valence electrons. The minimum atomic E-state index is -0.776. The lowest BCUT2D eigenvalue weighted by Crippen LogP contribution is -2.03. The Kier molecular flexibility index (Phi) is 4.14. The minimum Gasteiger partial charge on any atom is -0.507 e. The predicted molar refractivity (Wildman–Crippen MR) is 90.6 cm³/mol. The van der Waals surface area contributed by atoms with Gasteiger partial charge in [-0.2, -0.15) is 0 Å². The maximum absolute atomic E-state index is 12.4. The summed E-state index contributed by atoms with van der Waals surface area (Å²) in [6.45, 7) is 2.09. The van der Waals surface area contributed by atoms with Gasteiger partial charge >= 0.3 is 0 Å². The third-order valence-corrected chi connectivity index (χ3v) is 3.68. The predicted octanol–water partition coefficient (Wildman–Crippen LogP) is 2.98. The number of ether oxygens (including phenoxy) is 2. The van der Waals surface area contributed by atoms with Gasteiger partial charge in [-0.05, 0) is 25.1 Å². The Bertz CT molecular complexity index is 1000. The van der Waals surface area contributed by atoms with Crippen LogP contribution in [0.15, 0.2) is 39.5 Å². The number of benzene rings is 2. The molecule has 3 aromatic rings. The summed E-state index contributed by atoms with van der Waals surface area (Å²) in [5, 5.41) is 29.9. The second kappa shape index (κ2) is 6.27. The van der Waals surface area contributed by atoms with Crippen LogP contribution in [0.25, 0.3) is 22.3 Å². The van der Waals surface area contributed by atoms with E-state index in [9.17, 15) is 20.1 Å². The first-order valence-electron chi connectivity index (χ1n) is 7.49. The Hall–Kier alpha value is -3.35. The van der Waals surface area contributed by atoms with Gasteiger partial charge in [-0.1, -0.05) is 0 Å². The highest BCUT2D eigenvalue weighted by atomic mass is 16.5. The number of fused-ring (bicyclic) bond motifs is 1. The highest BCUT2D eigenvalue weighted by Crippen LogP contribution is 2.38. The Morgan fingerprint density at radius 3 is 2.52 bits per heavy atom. The quantitative estimate of drug-likeness (QED) is 0.667. The summed E-state index contributed by atoms with van der Waals surface area (Å²) in [7, 11) is 1.41. The molecule has 0 aliphatic carbocycles. The maximum atomic E-state index is 12.4. The molecule has 0 bridgehead atoms. The molecule has 0 saturated carbocycles. The van der Waals surface area contributed by atoms with E-state index < -0.39 is 11.2 Å². The molecule has 0 spiro atoms. The van der Waals surface area contributed by atoms with E-state index in [-0.39, 0.29) is 34.0 Å². The summed E-state index contributed by atoms with van der Waals surface area (Å²) in [4.78, 5) is 12.4.